The molecule has 106 valence electrons. The normalized spacial score (nSPS) is 16.5. The van der Waals surface area contributed by atoms with Crippen molar-refractivity contribution in [2.24, 2.45) is 0 Å². The number of anilines is 1. The summed E-state index contributed by atoms with van der Waals surface area (Å²) in [5, 5.41) is 0. The highest BCUT2D eigenvalue weighted by atomic mass is 32.2. The van der Waals surface area contributed by atoms with Crippen LogP contribution in [-0.2, 0) is 15.4 Å². The number of nitrogens with zero attached hydrogens (tertiary/aromatic N) is 1. The summed E-state index contributed by atoms with van der Waals surface area (Å²) < 4.78 is 25.1. The summed E-state index contributed by atoms with van der Waals surface area (Å²) in [6.45, 7) is 6.33. The van der Waals surface area contributed by atoms with E-state index >= 15 is 0 Å². The zero-order chi connectivity index (χ0) is 14.4. The van der Waals surface area contributed by atoms with Gasteiger partial charge in [0.2, 0.25) is 10.0 Å². The summed E-state index contributed by atoms with van der Waals surface area (Å²) in [5.41, 5.74) is 3.08. The first-order chi connectivity index (χ1) is 8.60. The molecule has 1 aliphatic carbocycles. The second kappa shape index (κ2) is 4.51. The summed E-state index contributed by atoms with van der Waals surface area (Å²) in [4.78, 5) is 0. The van der Waals surface area contributed by atoms with E-state index in [0.29, 0.717) is 5.92 Å². The number of hydrogen-bond acceptors (Lipinski definition) is 2. The van der Waals surface area contributed by atoms with Crippen molar-refractivity contribution in [1.29, 1.82) is 0 Å². The van der Waals surface area contributed by atoms with E-state index in [-0.39, 0.29) is 5.41 Å². The molecule has 3 nitrogen and oxygen atoms in total. The minimum atomic E-state index is -3.23. The van der Waals surface area contributed by atoms with Crippen LogP contribution in [0, 0.1) is 0 Å². The van der Waals surface area contributed by atoms with Gasteiger partial charge < -0.3 is 0 Å². The van der Waals surface area contributed by atoms with Crippen LogP contribution in [0.5, 0.6) is 0 Å². The van der Waals surface area contributed by atoms with Crippen molar-refractivity contribution >= 4 is 15.7 Å². The maximum atomic E-state index is 11.8. The molecular weight excluding hydrogens is 258 g/mol. The number of benzene rings is 1. The molecule has 0 spiro atoms. The third-order valence-electron chi connectivity index (χ3n) is 3.72. The molecule has 1 aromatic rings. The predicted molar refractivity (Wildman–Crippen MR) is 80.4 cm³/mol. The minimum absolute atomic E-state index is 0.0731. The monoisotopic (exact) mass is 281 g/mol. The van der Waals surface area contributed by atoms with Gasteiger partial charge in [-0.2, -0.15) is 0 Å². The fourth-order valence-corrected chi connectivity index (χ4v) is 2.80. The zero-order valence-electron chi connectivity index (χ0n) is 12.4. The van der Waals surface area contributed by atoms with Gasteiger partial charge in [0.05, 0.1) is 11.9 Å². The van der Waals surface area contributed by atoms with Gasteiger partial charge in [-0.1, -0.05) is 32.9 Å². The van der Waals surface area contributed by atoms with Gasteiger partial charge >= 0.3 is 0 Å². The van der Waals surface area contributed by atoms with Crippen molar-refractivity contribution < 1.29 is 8.42 Å². The van der Waals surface area contributed by atoms with E-state index < -0.39 is 10.0 Å². The Hall–Kier alpha value is -1.03. The first-order valence-electron chi connectivity index (χ1n) is 6.69. The topological polar surface area (TPSA) is 37.4 Å². The van der Waals surface area contributed by atoms with Gasteiger partial charge in [0, 0.05) is 7.05 Å². The largest absolute Gasteiger partial charge is 0.273 e. The van der Waals surface area contributed by atoms with Crippen LogP contribution in [-0.4, -0.2) is 21.7 Å². The second-order valence-electron chi connectivity index (χ2n) is 6.53. The number of hydrogen-bond donors (Lipinski definition) is 0. The number of rotatable bonds is 3. The van der Waals surface area contributed by atoms with E-state index in [2.05, 4.69) is 39.0 Å². The third kappa shape index (κ3) is 3.11. The summed E-state index contributed by atoms with van der Waals surface area (Å²) in [5.74, 6) is 0.626. The van der Waals surface area contributed by atoms with E-state index in [1.807, 2.05) is 0 Å². The van der Waals surface area contributed by atoms with Gasteiger partial charge in [-0.15, -0.1) is 0 Å². The summed E-state index contributed by atoms with van der Waals surface area (Å²) >= 11 is 0. The van der Waals surface area contributed by atoms with Crippen LogP contribution in [0.25, 0.3) is 0 Å². The Morgan fingerprint density at radius 2 is 1.79 bits per heavy atom. The Morgan fingerprint density at radius 1 is 1.21 bits per heavy atom. The van der Waals surface area contributed by atoms with Crippen molar-refractivity contribution in [3.8, 4) is 0 Å². The van der Waals surface area contributed by atoms with Crippen molar-refractivity contribution in [2.45, 2.75) is 44.9 Å². The van der Waals surface area contributed by atoms with Gasteiger partial charge in [-0.3, -0.25) is 4.31 Å². The standard InChI is InChI=1S/C15H23NO2S/c1-15(2,3)13-9-8-12(11-6-7-11)10-14(13)16(4)19(5,17)18/h8-11H,6-7H2,1-5H3. The maximum Gasteiger partial charge on any atom is 0.232 e. The van der Waals surface area contributed by atoms with Crippen LogP contribution >= 0.6 is 0 Å². The second-order valence-corrected chi connectivity index (χ2v) is 8.55. The van der Waals surface area contributed by atoms with Crippen LogP contribution in [0.1, 0.15) is 50.7 Å². The van der Waals surface area contributed by atoms with E-state index in [1.165, 1.54) is 29.0 Å². The van der Waals surface area contributed by atoms with Gasteiger partial charge in [-0.25, -0.2) is 8.42 Å². The molecule has 1 aromatic carbocycles. The van der Waals surface area contributed by atoms with E-state index in [1.54, 1.807) is 7.05 Å². The first-order valence-corrected chi connectivity index (χ1v) is 8.54. The molecule has 0 radical (unpaired) electrons. The highest BCUT2D eigenvalue weighted by Crippen LogP contribution is 2.43. The summed E-state index contributed by atoms with van der Waals surface area (Å²) in [7, 11) is -1.59. The third-order valence-corrected chi connectivity index (χ3v) is 4.91. The molecule has 1 aliphatic rings. The van der Waals surface area contributed by atoms with Crippen molar-refractivity contribution in [3.05, 3.63) is 29.3 Å². The Labute approximate surface area is 116 Å². The molecule has 0 heterocycles. The van der Waals surface area contributed by atoms with E-state index in [0.717, 1.165) is 11.3 Å². The van der Waals surface area contributed by atoms with Gasteiger partial charge in [0.1, 0.15) is 0 Å². The lowest BCUT2D eigenvalue weighted by atomic mass is 9.85. The lowest BCUT2D eigenvalue weighted by molar-refractivity contribution is 0.586. The van der Waals surface area contributed by atoms with E-state index in [9.17, 15) is 8.42 Å². The summed E-state index contributed by atoms with van der Waals surface area (Å²) in [6, 6.07) is 6.29. The molecule has 0 amide bonds. The van der Waals surface area contributed by atoms with Crippen LogP contribution in [0.3, 0.4) is 0 Å². The maximum absolute atomic E-state index is 11.8. The van der Waals surface area contributed by atoms with Crippen LogP contribution in [0.15, 0.2) is 18.2 Å². The summed E-state index contributed by atoms with van der Waals surface area (Å²) in [6.07, 6.45) is 3.69. The van der Waals surface area contributed by atoms with Crippen LogP contribution in [0.4, 0.5) is 5.69 Å². The van der Waals surface area contributed by atoms with Gasteiger partial charge in [0.15, 0.2) is 0 Å². The average Bonchev–Trinajstić information content (AvgIpc) is 3.08. The lowest BCUT2D eigenvalue weighted by Gasteiger charge is -2.28. The average molecular weight is 281 g/mol. The molecule has 0 aromatic heterocycles. The molecule has 0 saturated heterocycles. The van der Waals surface area contributed by atoms with E-state index in [4.69, 9.17) is 0 Å². The first kappa shape index (κ1) is 14.4. The Bertz CT molecular complexity index is 581. The van der Waals surface area contributed by atoms with Crippen molar-refractivity contribution in [2.75, 3.05) is 17.6 Å². The highest BCUT2D eigenvalue weighted by Gasteiger charge is 2.28. The van der Waals surface area contributed by atoms with Crippen molar-refractivity contribution in [3.63, 3.8) is 0 Å². The fraction of sp³-hybridized carbons (Fsp3) is 0.600. The molecule has 0 unspecified atom stereocenters. The van der Waals surface area contributed by atoms with Crippen LogP contribution in [0.2, 0.25) is 0 Å². The molecule has 2 rings (SSSR count). The van der Waals surface area contributed by atoms with Crippen molar-refractivity contribution in [1.82, 2.24) is 0 Å². The zero-order valence-corrected chi connectivity index (χ0v) is 13.2. The van der Waals surface area contributed by atoms with Gasteiger partial charge in [0.25, 0.3) is 0 Å². The molecule has 0 aliphatic heterocycles. The Balaban J connectivity index is 2.56. The molecule has 19 heavy (non-hydrogen) atoms. The molecule has 1 saturated carbocycles. The molecule has 1 fully saturated rings. The Kier molecular flexibility index (Phi) is 3.42. The predicted octanol–water partition coefficient (Wildman–Crippen LogP) is 3.26. The quantitative estimate of drug-likeness (QED) is 0.853. The molecule has 0 bridgehead atoms. The van der Waals surface area contributed by atoms with Gasteiger partial charge in [-0.05, 0) is 41.4 Å². The molecule has 0 N–H and O–H groups in total. The molecular formula is C15H23NO2S. The minimum Gasteiger partial charge on any atom is -0.273 e. The smallest absolute Gasteiger partial charge is 0.232 e. The number of sulfonamides is 1. The Morgan fingerprint density at radius 3 is 2.21 bits per heavy atom. The highest BCUT2D eigenvalue weighted by molar-refractivity contribution is 7.92. The SMILES string of the molecule is CN(c1cc(C2CC2)ccc1C(C)(C)C)S(C)(=O)=O. The molecule has 4 heteroatoms. The fourth-order valence-electron chi connectivity index (χ4n) is 2.29. The lowest BCUT2D eigenvalue weighted by Crippen LogP contribution is -2.28. The molecule has 0 atom stereocenters. The van der Waals surface area contributed by atoms with Crippen LogP contribution < -0.4 is 4.31 Å².